The maximum absolute atomic E-state index is 13.6. The minimum absolute atomic E-state index is 0.0174. The van der Waals surface area contributed by atoms with Crippen LogP contribution in [0.15, 0.2) is 18.2 Å². The lowest BCUT2D eigenvalue weighted by atomic mass is 10.1. The number of carbonyl (C=O) groups excluding carboxylic acids is 3. The topological polar surface area (TPSA) is 93.7 Å². The van der Waals surface area contributed by atoms with Crippen molar-refractivity contribution in [1.82, 2.24) is 10.6 Å². The Bertz CT molecular complexity index is 640. The molecule has 3 amide bonds. The van der Waals surface area contributed by atoms with Crippen LogP contribution in [0.1, 0.15) is 38.1 Å². The van der Waals surface area contributed by atoms with Crippen LogP contribution in [0, 0.1) is 5.82 Å². The molecule has 0 heterocycles. The minimum Gasteiger partial charge on any atom is -0.494 e. The zero-order chi connectivity index (χ0) is 18.5. The largest absolute Gasteiger partial charge is 0.494 e. The number of carbonyl (C=O) groups is 3. The van der Waals surface area contributed by atoms with Gasteiger partial charge in [-0.25, -0.2) is 14.0 Å². The lowest BCUT2D eigenvalue weighted by Crippen LogP contribution is -2.50. The molecule has 1 rings (SSSR count). The van der Waals surface area contributed by atoms with Crippen molar-refractivity contribution in [2.45, 2.75) is 39.3 Å². The maximum Gasteiger partial charge on any atom is 0.339 e. The molecule has 1 aromatic carbocycles. The number of imide groups is 1. The molecular formula is C16H21FN2O5. The van der Waals surface area contributed by atoms with Crippen LogP contribution in [0.25, 0.3) is 0 Å². The third kappa shape index (κ3) is 5.86. The summed E-state index contributed by atoms with van der Waals surface area (Å²) in [5.74, 6) is -2.43. The van der Waals surface area contributed by atoms with Crippen molar-refractivity contribution in [2.75, 3.05) is 7.11 Å². The summed E-state index contributed by atoms with van der Waals surface area (Å²) in [5, 5.41) is 4.60. The van der Waals surface area contributed by atoms with Gasteiger partial charge in [0, 0.05) is 5.54 Å². The van der Waals surface area contributed by atoms with Gasteiger partial charge in [0.15, 0.2) is 17.7 Å². The van der Waals surface area contributed by atoms with E-state index in [1.807, 2.05) is 0 Å². The van der Waals surface area contributed by atoms with Gasteiger partial charge in [-0.2, -0.15) is 0 Å². The minimum atomic E-state index is -1.23. The van der Waals surface area contributed by atoms with Crippen molar-refractivity contribution in [3.8, 4) is 5.75 Å². The molecule has 0 unspecified atom stereocenters. The van der Waals surface area contributed by atoms with Crippen LogP contribution >= 0.6 is 0 Å². The summed E-state index contributed by atoms with van der Waals surface area (Å²) in [7, 11) is 1.30. The van der Waals surface area contributed by atoms with Gasteiger partial charge in [0.1, 0.15) is 0 Å². The van der Waals surface area contributed by atoms with Gasteiger partial charge in [-0.3, -0.25) is 10.1 Å². The Morgan fingerprint density at radius 3 is 2.33 bits per heavy atom. The first kappa shape index (κ1) is 19.4. The molecule has 24 heavy (non-hydrogen) atoms. The molecule has 0 fully saturated rings. The van der Waals surface area contributed by atoms with Gasteiger partial charge in [-0.15, -0.1) is 0 Å². The first-order valence-corrected chi connectivity index (χ1v) is 7.21. The Balaban J connectivity index is 2.64. The second-order valence-corrected chi connectivity index (χ2v) is 6.09. The van der Waals surface area contributed by atoms with Crippen molar-refractivity contribution in [3.05, 3.63) is 29.6 Å². The van der Waals surface area contributed by atoms with E-state index in [2.05, 4.69) is 10.6 Å². The van der Waals surface area contributed by atoms with Crippen molar-refractivity contribution in [1.29, 1.82) is 0 Å². The lowest BCUT2D eigenvalue weighted by molar-refractivity contribution is -0.127. The first-order chi connectivity index (χ1) is 11.0. The van der Waals surface area contributed by atoms with E-state index in [0.717, 1.165) is 6.07 Å². The number of hydrogen-bond donors (Lipinski definition) is 2. The molecule has 0 bridgehead atoms. The lowest BCUT2D eigenvalue weighted by Gasteiger charge is -2.21. The van der Waals surface area contributed by atoms with Crippen LogP contribution in [-0.4, -0.2) is 36.7 Å². The number of amides is 3. The zero-order valence-electron chi connectivity index (χ0n) is 14.2. The summed E-state index contributed by atoms with van der Waals surface area (Å²) in [4.78, 5) is 35.3. The number of esters is 1. The molecule has 0 aliphatic rings. The normalized spacial score (nSPS) is 12.1. The molecule has 0 spiro atoms. The average molecular weight is 340 g/mol. The second-order valence-electron chi connectivity index (χ2n) is 6.09. The standard InChI is InChI=1S/C16H21FN2O5/c1-9(13(20)18-15(22)19-16(2,3)4)24-14(21)10-6-7-12(23-5)11(17)8-10/h6-9H,1-5H3,(H2,18,19,20,22)/t9-/m0/s1. The van der Waals surface area contributed by atoms with Crippen LogP contribution in [0.5, 0.6) is 5.75 Å². The van der Waals surface area contributed by atoms with E-state index >= 15 is 0 Å². The fourth-order valence-corrected chi connectivity index (χ4v) is 1.66. The summed E-state index contributed by atoms with van der Waals surface area (Å²) >= 11 is 0. The number of halogens is 1. The molecular weight excluding hydrogens is 319 g/mol. The molecule has 8 heteroatoms. The SMILES string of the molecule is COc1ccc(C(=O)O[C@@H](C)C(=O)NC(=O)NC(C)(C)C)cc1F. The Morgan fingerprint density at radius 1 is 1.21 bits per heavy atom. The third-order valence-electron chi connectivity index (χ3n) is 2.77. The summed E-state index contributed by atoms with van der Waals surface area (Å²) in [6.45, 7) is 6.55. The number of nitrogens with one attached hydrogen (secondary N) is 2. The van der Waals surface area contributed by atoms with Crippen LogP contribution in [0.2, 0.25) is 0 Å². The number of rotatable bonds is 4. The predicted octanol–water partition coefficient (Wildman–Crippen LogP) is 2.00. The predicted molar refractivity (Wildman–Crippen MR) is 84.3 cm³/mol. The molecule has 132 valence electrons. The van der Waals surface area contributed by atoms with Crippen molar-refractivity contribution >= 4 is 17.9 Å². The van der Waals surface area contributed by atoms with Gasteiger partial charge < -0.3 is 14.8 Å². The molecule has 0 aliphatic heterocycles. The Kier molecular flexibility index (Phi) is 6.27. The van der Waals surface area contributed by atoms with E-state index in [-0.39, 0.29) is 11.3 Å². The summed E-state index contributed by atoms with van der Waals surface area (Å²) in [6.07, 6.45) is -1.23. The van der Waals surface area contributed by atoms with E-state index in [1.54, 1.807) is 20.8 Å². The Hall–Kier alpha value is -2.64. The van der Waals surface area contributed by atoms with E-state index in [0.29, 0.717) is 0 Å². The quantitative estimate of drug-likeness (QED) is 0.818. The third-order valence-corrected chi connectivity index (χ3v) is 2.77. The van der Waals surface area contributed by atoms with Gasteiger partial charge in [-0.05, 0) is 45.9 Å². The number of hydrogen-bond acceptors (Lipinski definition) is 5. The van der Waals surface area contributed by atoms with Crippen LogP contribution < -0.4 is 15.4 Å². The molecule has 0 aliphatic carbocycles. The summed E-state index contributed by atoms with van der Waals surface area (Å²) in [6, 6.07) is 2.82. The Labute approximate surface area is 139 Å². The number of methoxy groups -OCH3 is 1. The van der Waals surface area contributed by atoms with E-state index in [9.17, 15) is 18.8 Å². The van der Waals surface area contributed by atoms with E-state index in [4.69, 9.17) is 9.47 Å². The summed E-state index contributed by atoms with van der Waals surface area (Å²) in [5.41, 5.74) is -0.600. The highest BCUT2D eigenvalue weighted by Crippen LogP contribution is 2.18. The molecule has 0 aromatic heterocycles. The molecule has 1 atom stereocenters. The summed E-state index contributed by atoms with van der Waals surface area (Å²) < 4.78 is 23.2. The molecule has 0 saturated heterocycles. The second kappa shape index (κ2) is 7.76. The van der Waals surface area contributed by atoms with E-state index in [1.165, 1.54) is 26.2 Å². The smallest absolute Gasteiger partial charge is 0.339 e. The van der Waals surface area contributed by atoms with Gasteiger partial charge in [0.05, 0.1) is 12.7 Å². The number of benzene rings is 1. The van der Waals surface area contributed by atoms with Crippen LogP contribution in [0.3, 0.4) is 0 Å². The fraction of sp³-hybridized carbons (Fsp3) is 0.438. The molecule has 2 N–H and O–H groups in total. The van der Waals surface area contributed by atoms with Crippen LogP contribution in [0.4, 0.5) is 9.18 Å². The molecule has 7 nitrogen and oxygen atoms in total. The Morgan fingerprint density at radius 2 is 1.83 bits per heavy atom. The van der Waals surface area contributed by atoms with Crippen LogP contribution in [-0.2, 0) is 9.53 Å². The number of urea groups is 1. The van der Waals surface area contributed by atoms with Gasteiger partial charge in [-0.1, -0.05) is 0 Å². The van der Waals surface area contributed by atoms with Crippen molar-refractivity contribution in [2.24, 2.45) is 0 Å². The zero-order valence-corrected chi connectivity index (χ0v) is 14.2. The maximum atomic E-state index is 13.6. The molecule has 1 aromatic rings. The highest BCUT2D eigenvalue weighted by molar-refractivity contribution is 5.98. The fourth-order valence-electron chi connectivity index (χ4n) is 1.66. The highest BCUT2D eigenvalue weighted by Gasteiger charge is 2.23. The highest BCUT2D eigenvalue weighted by atomic mass is 19.1. The van der Waals surface area contributed by atoms with E-state index < -0.39 is 35.4 Å². The van der Waals surface area contributed by atoms with Crippen molar-refractivity contribution in [3.63, 3.8) is 0 Å². The monoisotopic (exact) mass is 340 g/mol. The van der Waals surface area contributed by atoms with Gasteiger partial charge >= 0.3 is 12.0 Å². The van der Waals surface area contributed by atoms with Gasteiger partial charge in [0.25, 0.3) is 5.91 Å². The molecule has 0 radical (unpaired) electrons. The van der Waals surface area contributed by atoms with Crippen molar-refractivity contribution < 1.29 is 28.2 Å². The van der Waals surface area contributed by atoms with Gasteiger partial charge in [0.2, 0.25) is 0 Å². The molecule has 0 saturated carbocycles. The average Bonchev–Trinajstić information content (AvgIpc) is 2.44. The first-order valence-electron chi connectivity index (χ1n) is 7.21. The number of ether oxygens (including phenoxy) is 2.